The van der Waals surface area contributed by atoms with E-state index in [1.54, 1.807) is 0 Å². The van der Waals surface area contributed by atoms with Gasteiger partial charge in [-0.3, -0.25) is 4.90 Å². The van der Waals surface area contributed by atoms with Gasteiger partial charge in [-0.2, -0.15) is 0 Å². The average molecular weight is 327 g/mol. The summed E-state index contributed by atoms with van der Waals surface area (Å²) in [6.07, 6.45) is 2.47. The van der Waals surface area contributed by atoms with Crippen LogP contribution in [0.15, 0.2) is 28.7 Å². The van der Waals surface area contributed by atoms with Gasteiger partial charge in [0, 0.05) is 23.1 Å². The first-order valence-corrected chi connectivity index (χ1v) is 7.97. The van der Waals surface area contributed by atoms with E-state index >= 15 is 0 Å². The number of nitrogens with one attached hydrogen (secondary N) is 1. The van der Waals surface area contributed by atoms with Crippen LogP contribution in [-0.2, 0) is 6.54 Å². The molecule has 1 rings (SSSR count). The minimum Gasteiger partial charge on any atom is -0.315 e. The topological polar surface area (TPSA) is 15.3 Å². The molecule has 0 spiro atoms. The number of benzene rings is 1. The van der Waals surface area contributed by atoms with Crippen molar-refractivity contribution in [2.75, 3.05) is 13.6 Å². The van der Waals surface area contributed by atoms with Crippen molar-refractivity contribution in [1.29, 1.82) is 0 Å². The van der Waals surface area contributed by atoms with Gasteiger partial charge in [-0.15, -0.1) is 0 Å². The number of nitrogens with zero attached hydrogens (tertiary/aromatic N) is 1. The molecule has 1 N–H and O–H groups in total. The van der Waals surface area contributed by atoms with Crippen LogP contribution < -0.4 is 5.32 Å². The molecule has 19 heavy (non-hydrogen) atoms. The number of rotatable bonds is 8. The largest absolute Gasteiger partial charge is 0.315 e. The van der Waals surface area contributed by atoms with Crippen molar-refractivity contribution in [3.63, 3.8) is 0 Å². The minimum absolute atomic E-state index is 0.591. The van der Waals surface area contributed by atoms with Gasteiger partial charge in [0.2, 0.25) is 0 Å². The van der Waals surface area contributed by atoms with E-state index in [2.05, 4.69) is 78.2 Å². The second-order valence-corrected chi connectivity index (χ2v) is 6.46. The molecule has 2 nitrogen and oxygen atoms in total. The van der Waals surface area contributed by atoms with E-state index < -0.39 is 0 Å². The van der Waals surface area contributed by atoms with Gasteiger partial charge in [0.05, 0.1) is 0 Å². The van der Waals surface area contributed by atoms with Crippen LogP contribution in [0, 0.1) is 0 Å². The highest BCUT2D eigenvalue weighted by molar-refractivity contribution is 9.10. The Balaban J connectivity index is 2.32. The van der Waals surface area contributed by atoms with Gasteiger partial charge in [0.1, 0.15) is 0 Å². The molecule has 108 valence electrons. The Bertz CT molecular complexity index is 366. The van der Waals surface area contributed by atoms with E-state index in [4.69, 9.17) is 0 Å². The maximum Gasteiger partial charge on any atom is 0.0244 e. The number of hydrogen-bond acceptors (Lipinski definition) is 2. The Morgan fingerprint density at radius 1 is 1.21 bits per heavy atom. The zero-order valence-corrected chi connectivity index (χ0v) is 14.2. The normalized spacial score (nSPS) is 13.2. The summed E-state index contributed by atoms with van der Waals surface area (Å²) in [6, 6.07) is 9.67. The molecule has 1 unspecified atom stereocenters. The van der Waals surface area contributed by atoms with Crippen LogP contribution in [-0.4, -0.2) is 30.6 Å². The molecule has 0 aliphatic rings. The maximum absolute atomic E-state index is 3.62. The van der Waals surface area contributed by atoms with E-state index in [1.165, 1.54) is 22.9 Å². The fourth-order valence-electron chi connectivity index (χ4n) is 2.06. The Labute approximate surface area is 126 Å². The molecule has 0 bridgehead atoms. The molecular weight excluding hydrogens is 300 g/mol. The van der Waals surface area contributed by atoms with Gasteiger partial charge < -0.3 is 5.32 Å². The average Bonchev–Trinajstić information content (AvgIpc) is 2.36. The molecular formula is C16H27BrN2. The van der Waals surface area contributed by atoms with E-state index in [0.717, 1.165) is 13.1 Å². The predicted octanol–water partition coefficient (Wildman–Crippen LogP) is 4.05. The third-order valence-corrected chi connectivity index (χ3v) is 4.25. The molecule has 3 heteroatoms. The SMILES string of the molecule is CC(C)NCCCC(C)N(C)Cc1ccccc1Br. The van der Waals surface area contributed by atoms with Gasteiger partial charge in [0.25, 0.3) is 0 Å². The lowest BCUT2D eigenvalue weighted by molar-refractivity contribution is 0.233. The van der Waals surface area contributed by atoms with Gasteiger partial charge in [-0.05, 0) is 45.0 Å². The van der Waals surface area contributed by atoms with Crippen molar-refractivity contribution < 1.29 is 0 Å². The third kappa shape index (κ3) is 6.55. The monoisotopic (exact) mass is 326 g/mol. The summed E-state index contributed by atoms with van der Waals surface area (Å²) in [5.74, 6) is 0. The van der Waals surface area contributed by atoms with Crippen molar-refractivity contribution in [2.24, 2.45) is 0 Å². The Kier molecular flexibility index (Phi) is 7.66. The minimum atomic E-state index is 0.591. The standard InChI is InChI=1S/C16H27BrN2/c1-13(2)18-11-7-8-14(3)19(4)12-15-9-5-6-10-16(15)17/h5-6,9-10,13-14,18H,7-8,11-12H2,1-4H3. The zero-order valence-electron chi connectivity index (χ0n) is 12.6. The molecule has 0 aliphatic heterocycles. The van der Waals surface area contributed by atoms with Crippen LogP contribution in [0.3, 0.4) is 0 Å². The molecule has 0 aliphatic carbocycles. The van der Waals surface area contributed by atoms with Crippen LogP contribution in [0.4, 0.5) is 0 Å². The van der Waals surface area contributed by atoms with Gasteiger partial charge >= 0.3 is 0 Å². The Morgan fingerprint density at radius 3 is 2.53 bits per heavy atom. The molecule has 0 radical (unpaired) electrons. The lowest BCUT2D eigenvalue weighted by atomic mass is 10.1. The fraction of sp³-hybridized carbons (Fsp3) is 0.625. The zero-order chi connectivity index (χ0) is 14.3. The molecule has 0 saturated carbocycles. The van der Waals surface area contributed by atoms with Crippen molar-refractivity contribution in [2.45, 2.75) is 52.2 Å². The molecule has 1 aromatic carbocycles. The van der Waals surface area contributed by atoms with Crippen molar-refractivity contribution in [3.05, 3.63) is 34.3 Å². The van der Waals surface area contributed by atoms with E-state index in [9.17, 15) is 0 Å². The molecule has 0 saturated heterocycles. The van der Waals surface area contributed by atoms with E-state index in [-0.39, 0.29) is 0 Å². The highest BCUT2D eigenvalue weighted by Crippen LogP contribution is 2.18. The summed E-state index contributed by atoms with van der Waals surface area (Å²) in [5, 5.41) is 3.47. The highest BCUT2D eigenvalue weighted by atomic mass is 79.9. The quantitative estimate of drug-likeness (QED) is 0.725. The van der Waals surface area contributed by atoms with Crippen LogP contribution in [0.2, 0.25) is 0 Å². The van der Waals surface area contributed by atoms with Crippen LogP contribution >= 0.6 is 15.9 Å². The van der Waals surface area contributed by atoms with Crippen LogP contribution in [0.25, 0.3) is 0 Å². The van der Waals surface area contributed by atoms with Crippen LogP contribution in [0.1, 0.15) is 39.2 Å². The molecule has 0 heterocycles. The summed E-state index contributed by atoms with van der Waals surface area (Å²) in [6.45, 7) is 8.82. The number of halogens is 1. The molecule has 1 aromatic rings. The first-order valence-electron chi connectivity index (χ1n) is 7.17. The molecule has 0 aromatic heterocycles. The predicted molar refractivity (Wildman–Crippen MR) is 87.4 cm³/mol. The summed E-state index contributed by atoms with van der Waals surface area (Å²) in [7, 11) is 2.21. The lowest BCUT2D eigenvalue weighted by Gasteiger charge is -2.25. The fourth-order valence-corrected chi connectivity index (χ4v) is 2.47. The van der Waals surface area contributed by atoms with Crippen LogP contribution in [0.5, 0.6) is 0 Å². The van der Waals surface area contributed by atoms with Crippen molar-refractivity contribution >= 4 is 15.9 Å². The van der Waals surface area contributed by atoms with Crippen molar-refractivity contribution in [1.82, 2.24) is 10.2 Å². The summed E-state index contributed by atoms with van der Waals surface area (Å²) in [4.78, 5) is 2.43. The van der Waals surface area contributed by atoms with Gasteiger partial charge in [-0.1, -0.05) is 48.0 Å². The smallest absolute Gasteiger partial charge is 0.0244 e. The van der Waals surface area contributed by atoms with Gasteiger partial charge in [0.15, 0.2) is 0 Å². The van der Waals surface area contributed by atoms with Gasteiger partial charge in [-0.25, -0.2) is 0 Å². The van der Waals surface area contributed by atoms with E-state index in [1.807, 2.05) is 0 Å². The molecule has 0 amide bonds. The summed E-state index contributed by atoms with van der Waals surface area (Å²) in [5.41, 5.74) is 1.36. The Morgan fingerprint density at radius 2 is 1.89 bits per heavy atom. The summed E-state index contributed by atoms with van der Waals surface area (Å²) >= 11 is 3.62. The van der Waals surface area contributed by atoms with Crippen molar-refractivity contribution in [3.8, 4) is 0 Å². The van der Waals surface area contributed by atoms with E-state index in [0.29, 0.717) is 12.1 Å². The molecule has 0 fully saturated rings. The second kappa shape index (κ2) is 8.72. The maximum atomic E-state index is 3.62. The Hall–Kier alpha value is -0.380. The number of hydrogen-bond donors (Lipinski definition) is 1. The second-order valence-electron chi connectivity index (χ2n) is 5.61. The first-order chi connectivity index (χ1) is 9.00. The molecule has 1 atom stereocenters. The first kappa shape index (κ1) is 16.7. The summed E-state index contributed by atoms with van der Waals surface area (Å²) < 4.78 is 1.20. The third-order valence-electron chi connectivity index (χ3n) is 3.48. The highest BCUT2D eigenvalue weighted by Gasteiger charge is 2.10. The lowest BCUT2D eigenvalue weighted by Crippen LogP contribution is -2.30.